The first-order valence-corrected chi connectivity index (χ1v) is 5.36. The van der Waals surface area contributed by atoms with E-state index in [1.165, 1.54) is 0 Å². The molecule has 1 rings (SSSR count). The number of likely N-dealkylation sites (N-methyl/N-ethyl adjacent to an activating group) is 1. The molecule has 1 amide bonds. The van der Waals surface area contributed by atoms with E-state index < -0.39 is 5.54 Å². The number of nitrogens with one attached hydrogen (secondary N) is 1. The Kier molecular flexibility index (Phi) is 3.75. The van der Waals surface area contributed by atoms with Crippen molar-refractivity contribution in [3.05, 3.63) is 24.2 Å². The molecule has 1 N–H and O–H groups in total. The zero-order valence-electron chi connectivity index (χ0n) is 10.6. The van der Waals surface area contributed by atoms with E-state index in [1.807, 2.05) is 26.8 Å². The maximum absolute atomic E-state index is 11.9. The van der Waals surface area contributed by atoms with Crippen molar-refractivity contribution in [3.8, 4) is 0 Å². The van der Waals surface area contributed by atoms with Crippen LogP contribution in [0.5, 0.6) is 0 Å². The van der Waals surface area contributed by atoms with Gasteiger partial charge >= 0.3 is 0 Å². The third-order valence-electron chi connectivity index (χ3n) is 2.56. The Labute approximate surface area is 96.6 Å². The molecule has 90 valence electrons. The molecule has 4 nitrogen and oxygen atoms in total. The first-order chi connectivity index (χ1) is 7.34. The lowest BCUT2D eigenvalue weighted by molar-refractivity contribution is -0.134. The minimum atomic E-state index is -0.583. The van der Waals surface area contributed by atoms with Gasteiger partial charge in [0, 0.05) is 25.7 Å². The second kappa shape index (κ2) is 4.70. The first kappa shape index (κ1) is 12.8. The topological polar surface area (TPSA) is 45.5 Å². The molecule has 0 aliphatic carbocycles. The second-order valence-electron chi connectivity index (χ2n) is 4.75. The summed E-state index contributed by atoms with van der Waals surface area (Å²) in [6.07, 6.45) is 3.32. The number of hydrogen-bond donors (Lipinski definition) is 1. The quantitative estimate of drug-likeness (QED) is 0.848. The molecule has 0 spiro atoms. The molecule has 0 saturated carbocycles. The zero-order valence-corrected chi connectivity index (χ0v) is 10.6. The zero-order chi connectivity index (χ0) is 12.3. The third-order valence-corrected chi connectivity index (χ3v) is 2.56. The summed E-state index contributed by atoms with van der Waals surface area (Å²) < 4.78 is 5.02. The summed E-state index contributed by atoms with van der Waals surface area (Å²) in [5, 5.41) is 3.29. The van der Waals surface area contributed by atoms with Crippen LogP contribution < -0.4 is 5.32 Å². The van der Waals surface area contributed by atoms with Crippen LogP contribution >= 0.6 is 0 Å². The van der Waals surface area contributed by atoms with E-state index >= 15 is 0 Å². The maximum atomic E-state index is 11.9. The fourth-order valence-corrected chi connectivity index (χ4v) is 1.77. The van der Waals surface area contributed by atoms with Crippen molar-refractivity contribution in [1.82, 2.24) is 10.2 Å². The van der Waals surface area contributed by atoms with E-state index in [1.54, 1.807) is 31.5 Å². The molecule has 0 bridgehead atoms. The van der Waals surface area contributed by atoms with E-state index in [4.69, 9.17) is 4.42 Å². The summed E-state index contributed by atoms with van der Waals surface area (Å²) in [4.78, 5) is 13.5. The largest absolute Gasteiger partial charge is 0.472 e. The van der Waals surface area contributed by atoms with E-state index in [-0.39, 0.29) is 11.9 Å². The molecule has 0 aliphatic heterocycles. The average molecular weight is 224 g/mol. The molecule has 0 saturated heterocycles. The Morgan fingerprint density at radius 1 is 1.50 bits per heavy atom. The molecular weight excluding hydrogens is 204 g/mol. The predicted octanol–water partition coefficient (Wildman–Crippen LogP) is 1.80. The lowest BCUT2D eigenvalue weighted by Crippen LogP contribution is -2.52. The Hall–Kier alpha value is -1.29. The number of rotatable bonds is 4. The molecule has 0 fully saturated rings. The van der Waals surface area contributed by atoms with Gasteiger partial charge in [0.25, 0.3) is 0 Å². The molecule has 1 aromatic heterocycles. The van der Waals surface area contributed by atoms with Crippen molar-refractivity contribution in [1.29, 1.82) is 0 Å². The van der Waals surface area contributed by atoms with Crippen LogP contribution in [0.3, 0.4) is 0 Å². The van der Waals surface area contributed by atoms with Crippen molar-refractivity contribution >= 4 is 5.91 Å². The fraction of sp³-hybridized carbons (Fsp3) is 0.583. The monoisotopic (exact) mass is 224 g/mol. The van der Waals surface area contributed by atoms with Crippen molar-refractivity contribution in [2.75, 3.05) is 14.1 Å². The van der Waals surface area contributed by atoms with Gasteiger partial charge in [-0.15, -0.1) is 0 Å². The highest BCUT2D eigenvalue weighted by atomic mass is 16.3. The minimum Gasteiger partial charge on any atom is -0.472 e. The minimum absolute atomic E-state index is 0.0582. The lowest BCUT2D eigenvalue weighted by atomic mass is 10.0. The van der Waals surface area contributed by atoms with Crippen LogP contribution in [0.4, 0.5) is 0 Å². The lowest BCUT2D eigenvalue weighted by Gasteiger charge is -2.31. The van der Waals surface area contributed by atoms with Crippen molar-refractivity contribution in [2.45, 2.75) is 32.4 Å². The van der Waals surface area contributed by atoms with Crippen LogP contribution in [0.25, 0.3) is 0 Å². The molecule has 1 unspecified atom stereocenters. The van der Waals surface area contributed by atoms with E-state index in [2.05, 4.69) is 5.32 Å². The van der Waals surface area contributed by atoms with Crippen molar-refractivity contribution in [2.24, 2.45) is 0 Å². The first-order valence-electron chi connectivity index (χ1n) is 5.36. The number of furan rings is 1. The summed E-state index contributed by atoms with van der Waals surface area (Å²) in [6.45, 7) is 5.77. The highest BCUT2D eigenvalue weighted by Crippen LogP contribution is 2.17. The summed E-state index contributed by atoms with van der Waals surface area (Å²) in [6, 6.07) is 1.98. The highest BCUT2D eigenvalue weighted by molar-refractivity contribution is 5.85. The van der Waals surface area contributed by atoms with E-state index in [0.717, 1.165) is 5.56 Å². The van der Waals surface area contributed by atoms with Gasteiger partial charge in [-0.25, -0.2) is 0 Å². The van der Waals surface area contributed by atoms with Gasteiger partial charge in [-0.2, -0.15) is 0 Å². The van der Waals surface area contributed by atoms with Gasteiger partial charge in [-0.05, 0) is 26.8 Å². The number of amides is 1. The fourth-order valence-electron chi connectivity index (χ4n) is 1.77. The van der Waals surface area contributed by atoms with Crippen molar-refractivity contribution < 1.29 is 9.21 Å². The highest BCUT2D eigenvalue weighted by Gasteiger charge is 2.30. The Morgan fingerprint density at radius 3 is 2.56 bits per heavy atom. The smallest absolute Gasteiger partial charge is 0.241 e. The summed E-state index contributed by atoms with van der Waals surface area (Å²) >= 11 is 0. The Bertz CT molecular complexity index is 342. The maximum Gasteiger partial charge on any atom is 0.241 e. The van der Waals surface area contributed by atoms with Crippen LogP contribution in [-0.2, 0) is 4.79 Å². The summed E-state index contributed by atoms with van der Waals surface area (Å²) in [5.74, 6) is 0.0582. The molecular formula is C12H20N2O2. The van der Waals surface area contributed by atoms with Gasteiger partial charge in [-0.3, -0.25) is 10.1 Å². The van der Waals surface area contributed by atoms with E-state index in [0.29, 0.717) is 0 Å². The molecule has 4 heteroatoms. The molecule has 0 aromatic carbocycles. The van der Waals surface area contributed by atoms with E-state index in [9.17, 15) is 4.79 Å². The van der Waals surface area contributed by atoms with Gasteiger partial charge in [0.1, 0.15) is 0 Å². The molecule has 0 aliphatic rings. The standard InChI is InChI=1S/C12H20N2O2/c1-9(10-6-7-16-8-10)13-12(2,3)11(15)14(4)5/h6-9,13H,1-5H3. The van der Waals surface area contributed by atoms with Crippen LogP contribution in [0.15, 0.2) is 23.0 Å². The van der Waals surface area contributed by atoms with Crippen molar-refractivity contribution in [3.63, 3.8) is 0 Å². The van der Waals surface area contributed by atoms with Gasteiger partial charge < -0.3 is 9.32 Å². The third kappa shape index (κ3) is 2.85. The number of carbonyl (C=O) groups excluding carboxylic acids is 1. The molecule has 1 aromatic rings. The molecule has 0 radical (unpaired) electrons. The predicted molar refractivity (Wildman–Crippen MR) is 63.0 cm³/mol. The Balaban J connectivity index is 2.69. The van der Waals surface area contributed by atoms with Crippen LogP contribution in [-0.4, -0.2) is 30.4 Å². The molecule has 1 heterocycles. The summed E-state index contributed by atoms with van der Waals surface area (Å²) in [5.41, 5.74) is 0.458. The molecule has 1 atom stereocenters. The van der Waals surface area contributed by atoms with Gasteiger partial charge in [0.2, 0.25) is 5.91 Å². The van der Waals surface area contributed by atoms with Crippen LogP contribution in [0, 0.1) is 0 Å². The van der Waals surface area contributed by atoms with Gasteiger partial charge in [0.05, 0.1) is 18.1 Å². The number of hydrogen-bond acceptors (Lipinski definition) is 3. The van der Waals surface area contributed by atoms with Gasteiger partial charge in [0.15, 0.2) is 0 Å². The number of nitrogens with zero attached hydrogens (tertiary/aromatic N) is 1. The molecule has 16 heavy (non-hydrogen) atoms. The second-order valence-corrected chi connectivity index (χ2v) is 4.75. The van der Waals surface area contributed by atoms with Gasteiger partial charge in [-0.1, -0.05) is 0 Å². The normalized spacial score (nSPS) is 13.6. The number of carbonyl (C=O) groups is 1. The SMILES string of the molecule is CC(NC(C)(C)C(=O)N(C)C)c1ccoc1. The van der Waals surface area contributed by atoms with Crippen LogP contribution in [0.2, 0.25) is 0 Å². The van der Waals surface area contributed by atoms with Crippen LogP contribution in [0.1, 0.15) is 32.4 Å². The summed E-state index contributed by atoms with van der Waals surface area (Å²) in [7, 11) is 3.52. The average Bonchev–Trinajstić information content (AvgIpc) is 2.68. The Morgan fingerprint density at radius 2 is 2.12 bits per heavy atom.